The molecule has 0 aliphatic carbocycles. The number of hydrogen-bond donors (Lipinski definition) is 1. The van der Waals surface area contributed by atoms with E-state index in [1.54, 1.807) is 31.2 Å². The van der Waals surface area contributed by atoms with E-state index in [9.17, 15) is 4.79 Å². The maximum atomic E-state index is 12.7. The van der Waals surface area contributed by atoms with Gasteiger partial charge in [0.1, 0.15) is 17.1 Å². The Morgan fingerprint density at radius 2 is 2.08 bits per heavy atom. The summed E-state index contributed by atoms with van der Waals surface area (Å²) in [4.78, 5) is 12.7. The molecular weight excluding hydrogens is 350 g/mol. The first-order valence-corrected chi connectivity index (χ1v) is 9.13. The second-order valence-corrected chi connectivity index (χ2v) is 7.82. The van der Waals surface area contributed by atoms with Crippen LogP contribution >= 0.6 is 11.6 Å². The summed E-state index contributed by atoms with van der Waals surface area (Å²) in [6, 6.07) is 13.0. The highest BCUT2D eigenvalue weighted by atomic mass is 35.5. The average Bonchev–Trinajstić information content (AvgIpc) is 2.53. The number of nitrogens with one attached hydrogen (secondary N) is 1. The molecule has 0 fully saturated rings. The molecule has 2 aromatic rings. The number of fused-ring (bicyclic) bond motifs is 1. The number of hydrogen-bond acceptors (Lipinski definition) is 3. The third-order valence-electron chi connectivity index (χ3n) is 4.42. The molecular formula is C21H24ClNO3. The molecule has 1 heterocycles. The second-order valence-electron chi connectivity index (χ2n) is 7.39. The van der Waals surface area contributed by atoms with Gasteiger partial charge in [-0.1, -0.05) is 29.8 Å². The first kappa shape index (κ1) is 18.6. The predicted molar refractivity (Wildman–Crippen MR) is 103 cm³/mol. The number of rotatable bonds is 4. The molecule has 1 aliphatic rings. The Hall–Kier alpha value is -2.20. The molecule has 1 N–H and O–H groups in total. The summed E-state index contributed by atoms with van der Waals surface area (Å²) in [7, 11) is 0. The first-order chi connectivity index (χ1) is 12.2. The van der Waals surface area contributed by atoms with Gasteiger partial charge in [0.25, 0.3) is 5.91 Å². The molecule has 0 bridgehead atoms. The summed E-state index contributed by atoms with van der Waals surface area (Å²) in [5.41, 5.74) is 1.78. The molecule has 2 aromatic carbocycles. The second kappa shape index (κ2) is 7.20. The molecule has 0 saturated heterocycles. The minimum Gasteiger partial charge on any atom is -0.487 e. The SMILES string of the molecule is Cc1ccc2c(c1)OC(C)(C)C[C@@H]2NC(=O)[C@@H](C)Oc1cccc(Cl)c1. The summed E-state index contributed by atoms with van der Waals surface area (Å²) in [5, 5.41) is 3.68. The number of ether oxygens (including phenoxy) is 2. The van der Waals surface area contributed by atoms with E-state index < -0.39 is 6.10 Å². The molecule has 0 unspecified atom stereocenters. The number of carbonyl (C=O) groups excluding carboxylic acids is 1. The maximum absolute atomic E-state index is 12.7. The van der Waals surface area contributed by atoms with E-state index in [1.165, 1.54) is 0 Å². The van der Waals surface area contributed by atoms with Gasteiger partial charge < -0.3 is 14.8 Å². The van der Waals surface area contributed by atoms with Gasteiger partial charge >= 0.3 is 0 Å². The van der Waals surface area contributed by atoms with Crippen LogP contribution in [0.3, 0.4) is 0 Å². The quantitative estimate of drug-likeness (QED) is 0.834. The molecule has 5 heteroatoms. The third-order valence-corrected chi connectivity index (χ3v) is 4.66. The molecule has 26 heavy (non-hydrogen) atoms. The average molecular weight is 374 g/mol. The van der Waals surface area contributed by atoms with Crippen molar-refractivity contribution in [2.75, 3.05) is 0 Å². The molecule has 138 valence electrons. The van der Waals surface area contributed by atoms with Crippen LogP contribution in [-0.2, 0) is 4.79 Å². The predicted octanol–water partition coefficient (Wildman–Crippen LogP) is 4.83. The molecule has 0 aromatic heterocycles. The summed E-state index contributed by atoms with van der Waals surface area (Å²) in [6.07, 6.45) is 0.0620. The van der Waals surface area contributed by atoms with Gasteiger partial charge in [-0.25, -0.2) is 0 Å². The Morgan fingerprint density at radius 3 is 2.81 bits per heavy atom. The van der Waals surface area contributed by atoms with Crippen molar-refractivity contribution < 1.29 is 14.3 Å². The Balaban J connectivity index is 1.74. The zero-order chi connectivity index (χ0) is 18.9. The van der Waals surface area contributed by atoms with Crippen molar-refractivity contribution in [3.63, 3.8) is 0 Å². The summed E-state index contributed by atoms with van der Waals surface area (Å²) < 4.78 is 11.8. The lowest BCUT2D eigenvalue weighted by atomic mass is 9.89. The van der Waals surface area contributed by atoms with Crippen molar-refractivity contribution in [2.45, 2.75) is 51.9 Å². The zero-order valence-corrected chi connectivity index (χ0v) is 16.3. The van der Waals surface area contributed by atoms with Crippen molar-refractivity contribution in [3.8, 4) is 11.5 Å². The fraction of sp³-hybridized carbons (Fsp3) is 0.381. The minimum atomic E-state index is -0.631. The van der Waals surface area contributed by atoms with Gasteiger partial charge in [-0.15, -0.1) is 0 Å². The van der Waals surface area contributed by atoms with Gasteiger partial charge in [-0.05, 0) is 57.5 Å². The smallest absolute Gasteiger partial charge is 0.261 e. The number of halogens is 1. The standard InChI is InChI=1S/C21H24ClNO3/c1-13-8-9-17-18(12-21(3,4)26-19(17)10-13)23-20(24)14(2)25-16-7-5-6-15(22)11-16/h5-11,14,18H,12H2,1-4H3,(H,23,24)/t14-,18+/m1/s1. The lowest BCUT2D eigenvalue weighted by Gasteiger charge is -2.38. The highest BCUT2D eigenvalue weighted by molar-refractivity contribution is 6.30. The van der Waals surface area contributed by atoms with E-state index in [2.05, 4.69) is 5.32 Å². The minimum absolute atomic E-state index is 0.118. The molecule has 2 atom stereocenters. The van der Waals surface area contributed by atoms with Gasteiger partial charge in [0.05, 0.1) is 6.04 Å². The van der Waals surface area contributed by atoms with Crippen LogP contribution in [0.2, 0.25) is 5.02 Å². The topological polar surface area (TPSA) is 47.6 Å². The largest absolute Gasteiger partial charge is 0.487 e. The number of amides is 1. The monoisotopic (exact) mass is 373 g/mol. The van der Waals surface area contributed by atoms with Crippen LogP contribution in [0.5, 0.6) is 11.5 Å². The van der Waals surface area contributed by atoms with E-state index in [1.807, 2.05) is 39.0 Å². The molecule has 0 radical (unpaired) electrons. The fourth-order valence-corrected chi connectivity index (χ4v) is 3.35. The van der Waals surface area contributed by atoms with Crippen molar-refractivity contribution in [1.82, 2.24) is 5.32 Å². The van der Waals surface area contributed by atoms with Crippen LogP contribution in [0.25, 0.3) is 0 Å². The number of aryl methyl sites for hydroxylation is 1. The zero-order valence-electron chi connectivity index (χ0n) is 15.5. The van der Waals surface area contributed by atoms with E-state index in [-0.39, 0.29) is 17.6 Å². The van der Waals surface area contributed by atoms with Gasteiger partial charge in [0, 0.05) is 17.0 Å². The van der Waals surface area contributed by atoms with Crippen molar-refractivity contribution in [1.29, 1.82) is 0 Å². The molecule has 1 amide bonds. The van der Waals surface area contributed by atoms with Gasteiger partial charge in [0.15, 0.2) is 6.10 Å². The molecule has 1 aliphatic heterocycles. The number of benzene rings is 2. The number of carbonyl (C=O) groups is 1. The Bertz CT molecular complexity index is 819. The van der Waals surface area contributed by atoms with E-state index in [0.29, 0.717) is 17.2 Å². The molecule has 0 saturated carbocycles. The van der Waals surface area contributed by atoms with Crippen molar-refractivity contribution >= 4 is 17.5 Å². The van der Waals surface area contributed by atoms with Gasteiger partial charge in [0.2, 0.25) is 0 Å². The van der Waals surface area contributed by atoms with Gasteiger partial charge in [-0.2, -0.15) is 0 Å². The molecule has 3 rings (SSSR count). The van der Waals surface area contributed by atoms with E-state index in [0.717, 1.165) is 16.9 Å². The van der Waals surface area contributed by atoms with Crippen LogP contribution in [0.15, 0.2) is 42.5 Å². The van der Waals surface area contributed by atoms with Crippen LogP contribution in [-0.4, -0.2) is 17.6 Å². The van der Waals surface area contributed by atoms with E-state index >= 15 is 0 Å². The van der Waals surface area contributed by atoms with Crippen LogP contribution < -0.4 is 14.8 Å². The Morgan fingerprint density at radius 1 is 1.31 bits per heavy atom. The highest BCUT2D eigenvalue weighted by Crippen LogP contribution is 2.39. The van der Waals surface area contributed by atoms with E-state index in [4.69, 9.17) is 21.1 Å². The fourth-order valence-electron chi connectivity index (χ4n) is 3.17. The van der Waals surface area contributed by atoms with Crippen molar-refractivity contribution in [2.24, 2.45) is 0 Å². The first-order valence-electron chi connectivity index (χ1n) is 8.76. The Kier molecular flexibility index (Phi) is 5.15. The molecule has 4 nitrogen and oxygen atoms in total. The summed E-state index contributed by atoms with van der Waals surface area (Å²) in [6.45, 7) is 7.82. The van der Waals surface area contributed by atoms with Crippen LogP contribution in [0, 0.1) is 6.92 Å². The van der Waals surface area contributed by atoms with Crippen LogP contribution in [0.1, 0.15) is 44.4 Å². The van der Waals surface area contributed by atoms with Crippen molar-refractivity contribution in [3.05, 3.63) is 58.6 Å². The van der Waals surface area contributed by atoms with Gasteiger partial charge in [-0.3, -0.25) is 4.79 Å². The van der Waals surface area contributed by atoms with Crippen LogP contribution in [0.4, 0.5) is 0 Å². The lowest BCUT2D eigenvalue weighted by molar-refractivity contribution is -0.128. The third kappa shape index (κ3) is 4.31. The molecule has 0 spiro atoms. The summed E-state index contributed by atoms with van der Waals surface area (Å²) >= 11 is 5.97. The highest BCUT2D eigenvalue weighted by Gasteiger charge is 2.35. The Labute approximate surface area is 159 Å². The normalized spacial score (nSPS) is 19.0. The lowest BCUT2D eigenvalue weighted by Crippen LogP contribution is -2.44. The summed E-state index contributed by atoms with van der Waals surface area (Å²) in [5.74, 6) is 1.23. The maximum Gasteiger partial charge on any atom is 0.261 e.